The molecule has 4 rings (SSSR count). The van der Waals surface area contributed by atoms with E-state index in [-0.39, 0.29) is 5.91 Å². The van der Waals surface area contributed by atoms with Crippen LogP contribution in [0.25, 0.3) is 0 Å². The first-order valence-electron chi connectivity index (χ1n) is 12.6. The second-order valence-electron chi connectivity index (χ2n) is 8.85. The third kappa shape index (κ3) is 7.14. The third-order valence-corrected chi connectivity index (χ3v) is 6.33. The average molecular weight is 522 g/mol. The Bertz CT molecular complexity index is 1160. The molecule has 1 saturated heterocycles. The number of hydrogen-bond donors (Lipinski definition) is 0. The molecule has 0 N–H and O–H groups in total. The number of nitrogens with zero attached hydrogens (tertiary/aromatic N) is 3. The van der Waals surface area contributed by atoms with Crippen LogP contribution in [0.2, 0.25) is 0 Å². The molecule has 0 bridgehead atoms. The monoisotopic (exact) mass is 521 g/mol. The summed E-state index contributed by atoms with van der Waals surface area (Å²) >= 11 is 0. The maximum absolute atomic E-state index is 13.8. The molecule has 0 saturated carbocycles. The van der Waals surface area contributed by atoms with E-state index in [4.69, 9.17) is 23.7 Å². The largest absolute Gasteiger partial charge is 0.493 e. The molecule has 1 fully saturated rings. The van der Waals surface area contributed by atoms with Gasteiger partial charge < -0.3 is 28.6 Å². The van der Waals surface area contributed by atoms with Gasteiger partial charge in [0.2, 0.25) is 5.75 Å². The molecule has 0 atom stereocenters. The van der Waals surface area contributed by atoms with Crippen molar-refractivity contribution in [3.63, 3.8) is 0 Å². The van der Waals surface area contributed by atoms with Gasteiger partial charge in [0, 0.05) is 37.9 Å². The van der Waals surface area contributed by atoms with Gasteiger partial charge in [0.05, 0.1) is 46.8 Å². The quantitative estimate of drug-likeness (QED) is 0.357. The van der Waals surface area contributed by atoms with Crippen molar-refractivity contribution in [1.82, 2.24) is 14.8 Å². The second kappa shape index (κ2) is 13.6. The number of methoxy groups -OCH3 is 3. The van der Waals surface area contributed by atoms with Gasteiger partial charge in [-0.25, -0.2) is 0 Å². The molecule has 1 aliphatic heterocycles. The van der Waals surface area contributed by atoms with Gasteiger partial charge in [-0.05, 0) is 42.0 Å². The van der Waals surface area contributed by atoms with Crippen molar-refractivity contribution in [3.8, 4) is 23.0 Å². The fourth-order valence-corrected chi connectivity index (χ4v) is 4.35. The number of carbonyl (C=O) groups excluding carboxylic acids is 1. The lowest BCUT2D eigenvalue weighted by molar-refractivity contribution is 0.0322. The van der Waals surface area contributed by atoms with Gasteiger partial charge in [0.25, 0.3) is 5.91 Å². The van der Waals surface area contributed by atoms with Gasteiger partial charge in [-0.15, -0.1) is 0 Å². The van der Waals surface area contributed by atoms with E-state index in [1.165, 1.54) is 21.3 Å². The predicted octanol–water partition coefficient (Wildman–Crippen LogP) is 3.66. The summed E-state index contributed by atoms with van der Waals surface area (Å²) in [6.45, 7) is 5.52. The lowest BCUT2D eigenvalue weighted by Crippen LogP contribution is -2.38. The number of benzene rings is 2. The zero-order chi connectivity index (χ0) is 26.7. The van der Waals surface area contributed by atoms with Crippen LogP contribution in [-0.2, 0) is 17.8 Å². The van der Waals surface area contributed by atoms with Crippen molar-refractivity contribution >= 4 is 5.91 Å². The van der Waals surface area contributed by atoms with Gasteiger partial charge in [-0.1, -0.05) is 18.2 Å². The molecular formula is C29H35N3O6. The van der Waals surface area contributed by atoms with Crippen molar-refractivity contribution in [2.24, 2.45) is 0 Å². The number of carbonyl (C=O) groups is 1. The number of pyridine rings is 1. The van der Waals surface area contributed by atoms with Gasteiger partial charge >= 0.3 is 0 Å². The molecule has 0 unspecified atom stereocenters. The number of rotatable bonds is 12. The van der Waals surface area contributed by atoms with Crippen LogP contribution in [0.1, 0.15) is 21.6 Å². The minimum atomic E-state index is -0.187. The molecule has 0 radical (unpaired) electrons. The molecule has 38 heavy (non-hydrogen) atoms. The van der Waals surface area contributed by atoms with Gasteiger partial charge in [0.1, 0.15) is 12.4 Å². The maximum atomic E-state index is 13.8. The highest BCUT2D eigenvalue weighted by Crippen LogP contribution is 2.38. The van der Waals surface area contributed by atoms with Crippen LogP contribution in [-0.4, -0.2) is 81.5 Å². The smallest absolute Gasteiger partial charge is 0.254 e. The van der Waals surface area contributed by atoms with Crippen LogP contribution in [0.3, 0.4) is 0 Å². The highest BCUT2D eigenvalue weighted by Gasteiger charge is 2.22. The number of aromatic nitrogens is 1. The van der Waals surface area contributed by atoms with Crippen molar-refractivity contribution in [2.45, 2.75) is 13.1 Å². The number of hydrogen-bond acceptors (Lipinski definition) is 8. The number of amides is 1. The van der Waals surface area contributed by atoms with Gasteiger partial charge in [0.15, 0.2) is 11.5 Å². The summed E-state index contributed by atoms with van der Waals surface area (Å²) in [6, 6.07) is 16.9. The lowest BCUT2D eigenvalue weighted by Gasteiger charge is -2.26. The van der Waals surface area contributed by atoms with E-state index in [9.17, 15) is 4.79 Å². The normalized spacial score (nSPS) is 13.6. The molecule has 1 aliphatic rings. The molecule has 2 heterocycles. The first-order chi connectivity index (χ1) is 18.6. The minimum absolute atomic E-state index is 0.187. The average Bonchev–Trinajstić information content (AvgIpc) is 2.97. The molecule has 1 aromatic heterocycles. The van der Waals surface area contributed by atoms with Gasteiger partial charge in [-0.2, -0.15) is 0 Å². The van der Waals surface area contributed by atoms with Crippen molar-refractivity contribution in [2.75, 3.05) is 60.8 Å². The summed E-state index contributed by atoms with van der Waals surface area (Å²) in [4.78, 5) is 22.3. The topological polar surface area (TPSA) is 82.6 Å². The fourth-order valence-electron chi connectivity index (χ4n) is 4.35. The summed E-state index contributed by atoms with van der Waals surface area (Å²) in [6.07, 6.45) is 1.72. The van der Waals surface area contributed by atoms with E-state index in [0.29, 0.717) is 42.5 Å². The van der Waals surface area contributed by atoms with Crippen molar-refractivity contribution in [1.29, 1.82) is 0 Å². The van der Waals surface area contributed by atoms with Crippen LogP contribution in [0, 0.1) is 0 Å². The summed E-state index contributed by atoms with van der Waals surface area (Å²) in [5.74, 6) is 1.86. The van der Waals surface area contributed by atoms with Crippen LogP contribution in [0.15, 0.2) is 60.8 Å². The minimum Gasteiger partial charge on any atom is -0.493 e. The molecule has 202 valence electrons. The molecule has 0 aliphatic carbocycles. The van der Waals surface area contributed by atoms with Crippen LogP contribution < -0.4 is 18.9 Å². The first-order valence-corrected chi connectivity index (χ1v) is 12.6. The summed E-state index contributed by atoms with van der Waals surface area (Å²) in [5.41, 5.74) is 2.16. The lowest BCUT2D eigenvalue weighted by atomic mass is 10.1. The zero-order valence-electron chi connectivity index (χ0n) is 22.2. The Labute approximate surface area is 223 Å². The molecule has 2 aromatic carbocycles. The summed E-state index contributed by atoms with van der Waals surface area (Å²) < 4.78 is 27.8. The molecule has 9 nitrogen and oxygen atoms in total. The molecule has 3 aromatic rings. The Morgan fingerprint density at radius 3 is 2.37 bits per heavy atom. The maximum Gasteiger partial charge on any atom is 0.254 e. The van der Waals surface area contributed by atoms with E-state index in [0.717, 1.165) is 49.9 Å². The van der Waals surface area contributed by atoms with Crippen LogP contribution >= 0.6 is 0 Å². The van der Waals surface area contributed by atoms with Crippen molar-refractivity contribution in [3.05, 3.63) is 77.6 Å². The van der Waals surface area contributed by atoms with E-state index in [2.05, 4.69) is 9.88 Å². The van der Waals surface area contributed by atoms with Crippen LogP contribution in [0.5, 0.6) is 23.0 Å². The molecular weight excluding hydrogens is 486 g/mol. The highest BCUT2D eigenvalue weighted by molar-refractivity contribution is 5.95. The van der Waals surface area contributed by atoms with E-state index < -0.39 is 0 Å². The SMILES string of the molecule is COc1cc(C(=O)N(Cc2cccc(OCCN3CCOCC3)c2)Cc2ccccn2)cc(OC)c1OC. The Morgan fingerprint density at radius 1 is 0.947 bits per heavy atom. The molecule has 0 spiro atoms. The fraction of sp³-hybridized carbons (Fsp3) is 0.379. The zero-order valence-corrected chi connectivity index (χ0v) is 22.2. The Kier molecular flexibility index (Phi) is 9.77. The predicted molar refractivity (Wildman–Crippen MR) is 143 cm³/mol. The number of morpholine rings is 1. The Hall–Kier alpha value is -3.82. The number of ether oxygens (including phenoxy) is 5. The second-order valence-corrected chi connectivity index (χ2v) is 8.85. The summed E-state index contributed by atoms with van der Waals surface area (Å²) in [5, 5.41) is 0. The Balaban J connectivity index is 1.53. The first kappa shape index (κ1) is 27.2. The highest BCUT2D eigenvalue weighted by atomic mass is 16.5. The molecule has 9 heteroatoms. The van der Waals surface area contributed by atoms with E-state index in [1.54, 1.807) is 23.2 Å². The summed E-state index contributed by atoms with van der Waals surface area (Å²) in [7, 11) is 4.59. The van der Waals surface area contributed by atoms with Gasteiger partial charge in [-0.3, -0.25) is 14.7 Å². The standard InChI is InChI=1S/C29H35N3O6/c1-34-26-18-23(19-27(35-2)28(26)36-3)29(33)32(21-24-8-4-5-10-30-24)20-22-7-6-9-25(17-22)38-16-13-31-11-14-37-15-12-31/h4-10,17-19H,11-16,20-21H2,1-3H3. The van der Waals surface area contributed by atoms with Crippen molar-refractivity contribution < 1.29 is 28.5 Å². The molecule has 1 amide bonds. The van der Waals surface area contributed by atoms with E-state index in [1.807, 2.05) is 42.5 Å². The Morgan fingerprint density at radius 2 is 1.71 bits per heavy atom. The third-order valence-electron chi connectivity index (χ3n) is 6.33. The van der Waals surface area contributed by atoms with Crippen LogP contribution in [0.4, 0.5) is 0 Å². The van der Waals surface area contributed by atoms with E-state index >= 15 is 0 Å².